The Balaban J connectivity index is 2.32. The first-order chi connectivity index (χ1) is 11.0. The standard InChI is InChI=1S/C16H19N3O4S/c1-16(2,3)11-4-7-13(8-5-11)24(22,23)18-12-6-9-14(17)15(10-12)19(20)21/h4-10,18H,17H2,1-3H3. The zero-order chi connectivity index (χ0) is 18.1. The molecule has 0 aromatic heterocycles. The maximum atomic E-state index is 12.4. The molecule has 0 aliphatic rings. The maximum Gasteiger partial charge on any atom is 0.294 e. The topological polar surface area (TPSA) is 115 Å². The van der Waals surface area contributed by atoms with Gasteiger partial charge in [-0.25, -0.2) is 8.42 Å². The van der Waals surface area contributed by atoms with Crippen molar-refractivity contribution in [3.05, 3.63) is 58.1 Å². The monoisotopic (exact) mass is 349 g/mol. The van der Waals surface area contributed by atoms with E-state index in [1.165, 1.54) is 24.3 Å². The lowest BCUT2D eigenvalue weighted by Crippen LogP contribution is -2.15. The number of hydrogen-bond acceptors (Lipinski definition) is 5. The van der Waals surface area contributed by atoms with E-state index in [1.54, 1.807) is 12.1 Å². The van der Waals surface area contributed by atoms with Crippen LogP contribution in [0.2, 0.25) is 0 Å². The number of nitro groups is 1. The van der Waals surface area contributed by atoms with Crippen LogP contribution in [-0.2, 0) is 15.4 Å². The number of benzene rings is 2. The molecular formula is C16H19N3O4S. The van der Waals surface area contributed by atoms with E-state index in [9.17, 15) is 18.5 Å². The van der Waals surface area contributed by atoms with Crippen LogP contribution in [0.3, 0.4) is 0 Å². The summed E-state index contributed by atoms with van der Waals surface area (Å²) in [6.07, 6.45) is 0. The molecule has 0 bridgehead atoms. The van der Waals surface area contributed by atoms with Crippen molar-refractivity contribution in [3.8, 4) is 0 Å². The summed E-state index contributed by atoms with van der Waals surface area (Å²) in [5, 5.41) is 10.9. The molecule has 0 amide bonds. The minimum absolute atomic E-state index is 0.0301. The highest BCUT2D eigenvalue weighted by Crippen LogP contribution is 2.27. The molecule has 2 rings (SSSR count). The quantitative estimate of drug-likeness (QED) is 0.499. The zero-order valence-corrected chi connectivity index (χ0v) is 14.4. The van der Waals surface area contributed by atoms with Gasteiger partial charge in [-0.15, -0.1) is 0 Å². The fourth-order valence-electron chi connectivity index (χ4n) is 2.11. The summed E-state index contributed by atoms with van der Waals surface area (Å²) >= 11 is 0. The van der Waals surface area contributed by atoms with Crippen molar-refractivity contribution in [1.29, 1.82) is 0 Å². The number of nitrogens with two attached hydrogens (primary N) is 1. The van der Waals surface area contributed by atoms with Gasteiger partial charge >= 0.3 is 0 Å². The molecule has 2 aromatic rings. The van der Waals surface area contributed by atoms with Crippen molar-refractivity contribution in [3.63, 3.8) is 0 Å². The second-order valence-electron chi connectivity index (χ2n) is 6.41. The molecule has 0 saturated carbocycles. The number of nitrogen functional groups attached to an aromatic ring is 1. The van der Waals surface area contributed by atoms with Crippen LogP contribution >= 0.6 is 0 Å². The molecule has 8 heteroatoms. The minimum Gasteiger partial charge on any atom is -0.393 e. The predicted octanol–water partition coefficient (Wildman–Crippen LogP) is 3.28. The molecule has 2 aromatic carbocycles. The molecule has 24 heavy (non-hydrogen) atoms. The van der Waals surface area contributed by atoms with Gasteiger partial charge in [-0.3, -0.25) is 14.8 Å². The third-order valence-electron chi connectivity index (χ3n) is 3.51. The predicted molar refractivity (Wildman–Crippen MR) is 93.5 cm³/mol. The number of nitrogens with one attached hydrogen (secondary N) is 1. The Labute approximate surface area is 140 Å². The van der Waals surface area contributed by atoms with Gasteiger partial charge in [-0.2, -0.15) is 0 Å². The van der Waals surface area contributed by atoms with Gasteiger partial charge in [-0.05, 0) is 35.2 Å². The fourth-order valence-corrected chi connectivity index (χ4v) is 3.16. The second-order valence-corrected chi connectivity index (χ2v) is 8.09. The van der Waals surface area contributed by atoms with E-state index < -0.39 is 14.9 Å². The van der Waals surface area contributed by atoms with Crippen molar-refractivity contribution in [1.82, 2.24) is 0 Å². The van der Waals surface area contributed by atoms with Gasteiger partial charge in [0.05, 0.1) is 15.5 Å². The smallest absolute Gasteiger partial charge is 0.294 e. The molecule has 0 saturated heterocycles. The fraction of sp³-hybridized carbons (Fsp3) is 0.250. The molecule has 0 aliphatic carbocycles. The van der Waals surface area contributed by atoms with Crippen LogP contribution in [0.5, 0.6) is 0 Å². The summed E-state index contributed by atoms with van der Waals surface area (Å²) in [6, 6.07) is 10.3. The summed E-state index contributed by atoms with van der Waals surface area (Å²) in [4.78, 5) is 10.3. The zero-order valence-electron chi connectivity index (χ0n) is 13.6. The average molecular weight is 349 g/mol. The van der Waals surface area contributed by atoms with E-state index in [-0.39, 0.29) is 27.4 Å². The van der Waals surface area contributed by atoms with Crippen molar-refractivity contribution in [2.75, 3.05) is 10.5 Å². The van der Waals surface area contributed by atoms with Crippen LogP contribution in [0, 0.1) is 10.1 Å². The number of nitrogens with zero attached hydrogens (tertiary/aromatic N) is 1. The van der Waals surface area contributed by atoms with E-state index in [0.717, 1.165) is 11.6 Å². The molecule has 0 unspecified atom stereocenters. The lowest BCUT2D eigenvalue weighted by Gasteiger charge is -2.19. The number of nitro benzene ring substituents is 1. The van der Waals surface area contributed by atoms with Gasteiger partial charge in [0.15, 0.2) is 0 Å². The molecule has 3 N–H and O–H groups in total. The van der Waals surface area contributed by atoms with E-state index in [0.29, 0.717) is 0 Å². The summed E-state index contributed by atoms with van der Waals surface area (Å²) in [6.45, 7) is 6.09. The van der Waals surface area contributed by atoms with Crippen molar-refractivity contribution in [2.45, 2.75) is 31.1 Å². The van der Waals surface area contributed by atoms with E-state index in [1.807, 2.05) is 20.8 Å². The SMILES string of the molecule is CC(C)(C)c1ccc(S(=O)(=O)Nc2ccc(N)c([N+](=O)[O-])c2)cc1. The van der Waals surface area contributed by atoms with Gasteiger partial charge in [0.25, 0.3) is 15.7 Å². The van der Waals surface area contributed by atoms with Crippen LogP contribution in [0.4, 0.5) is 17.1 Å². The first kappa shape index (κ1) is 17.7. The Hall–Kier alpha value is -2.61. The van der Waals surface area contributed by atoms with E-state index in [2.05, 4.69) is 4.72 Å². The van der Waals surface area contributed by atoms with Crippen LogP contribution in [-0.4, -0.2) is 13.3 Å². The third-order valence-corrected chi connectivity index (χ3v) is 4.91. The molecular weight excluding hydrogens is 330 g/mol. The van der Waals surface area contributed by atoms with Gasteiger partial charge in [0.1, 0.15) is 5.69 Å². The highest BCUT2D eigenvalue weighted by atomic mass is 32.2. The normalized spacial score (nSPS) is 12.0. The Morgan fingerprint density at radius 3 is 2.17 bits per heavy atom. The molecule has 0 heterocycles. The molecule has 7 nitrogen and oxygen atoms in total. The minimum atomic E-state index is -3.84. The van der Waals surface area contributed by atoms with Crippen molar-refractivity contribution < 1.29 is 13.3 Å². The molecule has 0 atom stereocenters. The second kappa shape index (κ2) is 6.12. The number of anilines is 2. The maximum absolute atomic E-state index is 12.4. The van der Waals surface area contributed by atoms with E-state index >= 15 is 0 Å². The highest BCUT2D eigenvalue weighted by molar-refractivity contribution is 7.92. The Morgan fingerprint density at radius 1 is 1.08 bits per heavy atom. The first-order valence-electron chi connectivity index (χ1n) is 7.18. The summed E-state index contributed by atoms with van der Waals surface area (Å²) in [5.74, 6) is 0. The van der Waals surface area contributed by atoms with Crippen molar-refractivity contribution in [2.24, 2.45) is 0 Å². The van der Waals surface area contributed by atoms with Crippen LogP contribution in [0.1, 0.15) is 26.3 Å². The summed E-state index contributed by atoms with van der Waals surface area (Å²) in [7, 11) is -3.84. The van der Waals surface area contributed by atoms with Gasteiger partial charge in [0, 0.05) is 6.07 Å². The third kappa shape index (κ3) is 3.83. The van der Waals surface area contributed by atoms with E-state index in [4.69, 9.17) is 5.73 Å². The van der Waals surface area contributed by atoms with Crippen molar-refractivity contribution >= 4 is 27.1 Å². The Morgan fingerprint density at radius 2 is 1.67 bits per heavy atom. The molecule has 0 radical (unpaired) electrons. The highest BCUT2D eigenvalue weighted by Gasteiger charge is 2.19. The Kier molecular flexibility index (Phi) is 4.52. The molecule has 0 aliphatic heterocycles. The molecule has 128 valence electrons. The first-order valence-corrected chi connectivity index (χ1v) is 8.66. The lowest BCUT2D eigenvalue weighted by molar-refractivity contribution is -0.383. The van der Waals surface area contributed by atoms with Gasteiger partial charge in [-0.1, -0.05) is 32.9 Å². The molecule has 0 fully saturated rings. The lowest BCUT2D eigenvalue weighted by atomic mass is 9.87. The number of rotatable bonds is 4. The summed E-state index contributed by atoms with van der Waals surface area (Å²) < 4.78 is 27.2. The largest absolute Gasteiger partial charge is 0.393 e. The molecule has 0 spiro atoms. The van der Waals surface area contributed by atoms with Crippen LogP contribution in [0.15, 0.2) is 47.4 Å². The summed E-state index contributed by atoms with van der Waals surface area (Å²) in [5.41, 5.74) is 6.12. The van der Waals surface area contributed by atoms with Crippen LogP contribution < -0.4 is 10.5 Å². The van der Waals surface area contributed by atoms with Gasteiger partial charge in [0.2, 0.25) is 0 Å². The average Bonchev–Trinajstić information content (AvgIpc) is 2.48. The van der Waals surface area contributed by atoms with Gasteiger partial charge < -0.3 is 5.73 Å². The Bertz CT molecular complexity index is 869. The van der Waals surface area contributed by atoms with Crippen LogP contribution in [0.25, 0.3) is 0 Å². The number of hydrogen-bond donors (Lipinski definition) is 2. The number of sulfonamides is 1.